The molecule has 1 heterocycles. The van der Waals surface area contributed by atoms with E-state index in [0.717, 1.165) is 10.4 Å². The molecule has 0 aliphatic carbocycles. The van der Waals surface area contributed by atoms with E-state index in [1.165, 1.54) is 17.0 Å². The summed E-state index contributed by atoms with van der Waals surface area (Å²) in [6, 6.07) is 16.6. The minimum atomic E-state index is -0.381. The molecule has 0 aliphatic rings. The molecular formula is C26H30FN3O3S. The predicted molar refractivity (Wildman–Crippen MR) is 133 cm³/mol. The van der Waals surface area contributed by atoms with Crippen LogP contribution in [0.5, 0.6) is 5.75 Å². The summed E-state index contributed by atoms with van der Waals surface area (Å²) in [5.74, 6) is 0.0542. The number of urea groups is 1. The van der Waals surface area contributed by atoms with Crippen LogP contribution in [-0.4, -0.2) is 40.9 Å². The molecule has 0 aliphatic heterocycles. The van der Waals surface area contributed by atoms with Crippen molar-refractivity contribution in [2.75, 3.05) is 18.5 Å². The van der Waals surface area contributed by atoms with Crippen LogP contribution < -0.4 is 10.1 Å². The molecule has 8 heteroatoms. The van der Waals surface area contributed by atoms with Gasteiger partial charge in [-0.05, 0) is 62.0 Å². The summed E-state index contributed by atoms with van der Waals surface area (Å²) < 4.78 is 19.0. The van der Waals surface area contributed by atoms with Gasteiger partial charge in [-0.2, -0.15) is 0 Å². The van der Waals surface area contributed by atoms with Crippen molar-refractivity contribution in [2.24, 2.45) is 0 Å². The molecule has 0 fully saturated rings. The summed E-state index contributed by atoms with van der Waals surface area (Å²) in [5.41, 5.74) is 1.37. The first-order valence-corrected chi connectivity index (χ1v) is 12.1. The average molecular weight is 484 g/mol. The second-order valence-electron chi connectivity index (χ2n) is 8.04. The minimum absolute atomic E-state index is 0.0904. The Morgan fingerprint density at radius 3 is 2.41 bits per heavy atom. The molecule has 2 aromatic carbocycles. The first-order chi connectivity index (χ1) is 16.4. The highest BCUT2D eigenvalue weighted by Gasteiger charge is 2.25. The summed E-state index contributed by atoms with van der Waals surface area (Å²) in [7, 11) is 0. The second kappa shape index (κ2) is 12.2. The highest BCUT2D eigenvalue weighted by atomic mass is 32.1. The van der Waals surface area contributed by atoms with Crippen LogP contribution in [0.15, 0.2) is 66.0 Å². The molecule has 34 heavy (non-hydrogen) atoms. The van der Waals surface area contributed by atoms with E-state index in [-0.39, 0.29) is 30.3 Å². The molecule has 0 atom stereocenters. The number of nitrogens with one attached hydrogen (secondary N) is 1. The first kappa shape index (κ1) is 25.2. The number of amides is 3. The minimum Gasteiger partial charge on any atom is -0.492 e. The maximum Gasteiger partial charge on any atom is 0.322 e. The van der Waals surface area contributed by atoms with Gasteiger partial charge in [0.15, 0.2) is 0 Å². The van der Waals surface area contributed by atoms with Crippen molar-refractivity contribution >= 4 is 29.0 Å². The van der Waals surface area contributed by atoms with Crippen molar-refractivity contribution in [3.8, 4) is 5.75 Å². The normalized spacial score (nSPS) is 10.7. The number of hydrogen-bond acceptors (Lipinski definition) is 4. The van der Waals surface area contributed by atoms with E-state index >= 15 is 0 Å². The van der Waals surface area contributed by atoms with E-state index in [4.69, 9.17) is 4.74 Å². The lowest BCUT2D eigenvalue weighted by molar-refractivity contribution is -0.133. The van der Waals surface area contributed by atoms with Crippen LogP contribution >= 0.6 is 11.3 Å². The molecular weight excluding hydrogens is 453 g/mol. The zero-order valence-corrected chi connectivity index (χ0v) is 20.5. The van der Waals surface area contributed by atoms with Gasteiger partial charge in [0.1, 0.15) is 18.1 Å². The van der Waals surface area contributed by atoms with Gasteiger partial charge in [-0.3, -0.25) is 4.79 Å². The molecule has 3 rings (SSSR count). The van der Waals surface area contributed by atoms with Gasteiger partial charge in [0.05, 0.1) is 18.8 Å². The van der Waals surface area contributed by atoms with Gasteiger partial charge in [-0.1, -0.05) is 30.3 Å². The van der Waals surface area contributed by atoms with Crippen molar-refractivity contribution in [1.82, 2.24) is 9.80 Å². The molecule has 1 N–H and O–H groups in total. The second-order valence-corrected chi connectivity index (χ2v) is 9.07. The largest absolute Gasteiger partial charge is 0.492 e. The van der Waals surface area contributed by atoms with Crippen molar-refractivity contribution < 1.29 is 18.7 Å². The zero-order chi connectivity index (χ0) is 24.5. The number of nitrogens with zero attached hydrogens (tertiary/aromatic N) is 2. The van der Waals surface area contributed by atoms with E-state index in [1.807, 2.05) is 50.4 Å². The summed E-state index contributed by atoms with van der Waals surface area (Å²) in [6.45, 7) is 6.72. The number of halogens is 1. The molecule has 0 spiro atoms. The number of benzene rings is 2. The maximum absolute atomic E-state index is 13.4. The van der Waals surface area contributed by atoms with Crippen molar-refractivity contribution in [3.63, 3.8) is 0 Å². The van der Waals surface area contributed by atoms with Gasteiger partial charge in [0.2, 0.25) is 5.91 Å². The van der Waals surface area contributed by atoms with Gasteiger partial charge < -0.3 is 19.9 Å². The fraction of sp³-hybridized carbons (Fsp3) is 0.308. The van der Waals surface area contributed by atoms with Crippen molar-refractivity contribution in [3.05, 3.63) is 82.3 Å². The summed E-state index contributed by atoms with van der Waals surface area (Å²) in [5, 5.41) is 4.83. The molecule has 0 saturated carbocycles. The summed E-state index contributed by atoms with van der Waals surface area (Å²) >= 11 is 1.56. The molecule has 6 nitrogen and oxygen atoms in total. The highest BCUT2D eigenvalue weighted by molar-refractivity contribution is 7.09. The molecule has 0 bridgehead atoms. The van der Waals surface area contributed by atoms with Crippen LogP contribution in [-0.2, 0) is 17.9 Å². The van der Waals surface area contributed by atoms with Gasteiger partial charge in [-0.25, -0.2) is 9.18 Å². The van der Waals surface area contributed by atoms with E-state index < -0.39 is 0 Å². The third kappa shape index (κ3) is 7.05. The summed E-state index contributed by atoms with van der Waals surface area (Å²) in [4.78, 5) is 30.7. The lowest BCUT2D eigenvalue weighted by Crippen LogP contribution is -2.47. The topological polar surface area (TPSA) is 61.9 Å². The standard InChI is InChI=1S/C26H30FN3O3S/c1-4-33-24-10-6-5-9-23(24)28-26(32)30(19(2)3)18-25(31)29(17-22-8-7-15-34-22)16-20-11-13-21(27)14-12-20/h5-15,19H,4,16-18H2,1-3H3,(H,28,32). The Hall–Kier alpha value is -3.39. The average Bonchev–Trinajstić information content (AvgIpc) is 3.32. The van der Waals surface area contributed by atoms with Crippen LogP contribution in [0, 0.1) is 5.82 Å². The van der Waals surface area contributed by atoms with E-state index in [1.54, 1.807) is 40.5 Å². The van der Waals surface area contributed by atoms with Crippen molar-refractivity contribution in [2.45, 2.75) is 39.9 Å². The number of anilines is 1. The Morgan fingerprint density at radius 1 is 1.03 bits per heavy atom. The highest BCUT2D eigenvalue weighted by Crippen LogP contribution is 2.24. The number of rotatable bonds is 10. The molecule has 0 unspecified atom stereocenters. The number of para-hydroxylation sites is 2. The van der Waals surface area contributed by atoms with Crippen LogP contribution in [0.2, 0.25) is 0 Å². The van der Waals surface area contributed by atoms with Gasteiger partial charge in [0, 0.05) is 17.5 Å². The van der Waals surface area contributed by atoms with Crippen LogP contribution in [0.25, 0.3) is 0 Å². The van der Waals surface area contributed by atoms with Crippen LogP contribution in [0.1, 0.15) is 31.2 Å². The van der Waals surface area contributed by atoms with Crippen LogP contribution in [0.4, 0.5) is 14.9 Å². The molecule has 180 valence electrons. The van der Waals surface area contributed by atoms with Gasteiger partial charge in [0.25, 0.3) is 0 Å². The third-order valence-corrected chi connectivity index (χ3v) is 6.05. The molecule has 0 saturated heterocycles. The molecule has 3 amide bonds. The lowest BCUT2D eigenvalue weighted by atomic mass is 10.2. The van der Waals surface area contributed by atoms with Gasteiger partial charge in [-0.15, -0.1) is 11.3 Å². The zero-order valence-electron chi connectivity index (χ0n) is 19.7. The fourth-order valence-corrected chi connectivity index (χ4v) is 4.13. The Bertz CT molecular complexity index is 1070. The predicted octanol–water partition coefficient (Wildman–Crippen LogP) is 5.76. The fourth-order valence-electron chi connectivity index (χ4n) is 3.41. The number of ether oxygens (including phenoxy) is 1. The molecule has 1 aromatic heterocycles. The Kier molecular flexibility index (Phi) is 9.04. The SMILES string of the molecule is CCOc1ccccc1NC(=O)N(CC(=O)N(Cc1ccc(F)cc1)Cc1cccs1)C(C)C. The number of thiophene rings is 1. The molecule has 0 radical (unpaired) electrons. The van der Waals surface area contributed by atoms with Crippen molar-refractivity contribution in [1.29, 1.82) is 0 Å². The number of carbonyl (C=O) groups excluding carboxylic acids is 2. The summed E-state index contributed by atoms with van der Waals surface area (Å²) in [6.07, 6.45) is 0. The smallest absolute Gasteiger partial charge is 0.322 e. The number of carbonyl (C=O) groups is 2. The van der Waals surface area contributed by atoms with E-state index in [2.05, 4.69) is 5.32 Å². The Morgan fingerprint density at radius 2 is 1.76 bits per heavy atom. The quantitative estimate of drug-likeness (QED) is 0.399. The monoisotopic (exact) mass is 483 g/mol. The molecule has 3 aromatic rings. The van der Waals surface area contributed by atoms with E-state index in [9.17, 15) is 14.0 Å². The maximum atomic E-state index is 13.4. The Labute approximate surface area is 204 Å². The van der Waals surface area contributed by atoms with Gasteiger partial charge >= 0.3 is 6.03 Å². The third-order valence-electron chi connectivity index (χ3n) is 5.18. The van der Waals surface area contributed by atoms with Crippen LogP contribution in [0.3, 0.4) is 0 Å². The number of hydrogen-bond donors (Lipinski definition) is 1. The Balaban J connectivity index is 1.76. The lowest BCUT2D eigenvalue weighted by Gasteiger charge is -2.30. The van der Waals surface area contributed by atoms with E-state index in [0.29, 0.717) is 31.1 Å². The first-order valence-electron chi connectivity index (χ1n) is 11.2.